The van der Waals surface area contributed by atoms with Gasteiger partial charge in [-0.05, 0) is 40.5 Å². The average Bonchev–Trinajstić information content (AvgIpc) is 2.28. The van der Waals surface area contributed by atoms with Crippen molar-refractivity contribution >= 4 is 44.8 Å². The summed E-state index contributed by atoms with van der Waals surface area (Å²) in [4.78, 5) is 0. The summed E-state index contributed by atoms with van der Waals surface area (Å²) in [5.41, 5.74) is 9.07. The molecule has 0 radical (unpaired) electrons. The number of hydrogen-bond donors (Lipinski definition) is 3. The molecule has 0 aliphatic rings. The van der Waals surface area contributed by atoms with E-state index in [0.29, 0.717) is 10.7 Å². The summed E-state index contributed by atoms with van der Waals surface area (Å²) in [6, 6.07) is 5.21. The highest BCUT2D eigenvalue weighted by Gasteiger charge is 2.07. The largest absolute Gasteiger partial charge is 0.382 e. The third-order valence-corrected chi connectivity index (χ3v) is 3.06. The van der Waals surface area contributed by atoms with Crippen molar-refractivity contribution in [2.45, 2.75) is 6.92 Å². The number of rotatable bonds is 3. The quantitative estimate of drug-likeness (QED) is 0.454. The van der Waals surface area contributed by atoms with Gasteiger partial charge in [-0.25, -0.2) is 0 Å². The fraction of sp³-hybridized carbons (Fsp3) is 0.100. The topological polar surface area (TPSA) is 98.0 Å². The highest BCUT2D eigenvalue weighted by molar-refractivity contribution is 9.10. The molecule has 88 valence electrons. The van der Waals surface area contributed by atoms with Crippen LogP contribution in [0.15, 0.2) is 21.7 Å². The first-order chi connectivity index (χ1) is 7.97. The molecule has 0 aromatic heterocycles. The predicted octanol–water partition coefficient (Wildman–Crippen LogP) is 2.64. The Morgan fingerprint density at radius 2 is 2.29 bits per heavy atom. The molecular formula is C10H9BrClN5. The predicted molar refractivity (Wildman–Crippen MR) is 72.5 cm³/mol. The van der Waals surface area contributed by atoms with Crippen LogP contribution in [-0.2, 0) is 0 Å². The molecule has 0 aliphatic heterocycles. The summed E-state index contributed by atoms with van der Waals surface area (Å²) < 4.78 is 0.754. The van der Waals surface area contributed by atoms with Gasteiger partial charge in [0.25, 0.3) is 0 Å². The molecule has 0 saturated heterocycles. The number of nitrogens with one attached hydrogen (secondary N) is 2. The summed E-state index contributed by atoms with van der Waals surface area (Å²) in [6.45, 7) is 1.81. The summed E-state index contributed by atoms with van der Waals surface area (Å²) in [7, 11) is 0. The molecule has 1 aromatic rings. The fourth-order valence-electron chi connectivity index (χ4n) is 1.05. The Balaban J connectivity index is 3.09. The number of benzene rings is 1. The molecule has 0 heterocycles. The SMILES string of the molecule is Cc1c(Cl)ccc(Br)c1N/N=C(\C#N)C(=N)N. The molecule has 0 aliphatic carbocycles. The van der Waals surface area contributed by atoms with E-state index in [4.69, 9.17) is 28.0 Å². The second-order valence-electron chi connectivity index (χ2n) is 3.13. The van der Waals surface area contributed by atoms with E-state index < -0.39 is 5.84 Å². The first kappa shape index (κ1) is 13.5. The van der Waals surface area contributed by atoms with Gasteiger partial charge in [-0.3, -0.25) is 10.8 Å². The monoisotopic (exact) mass is 313 g/mol. The van der Waals surface area contributed by atoms with Crippen LogP contribution in [0.3, 0.4) is 0 Å². The van der Waals surface area contributed by atoms with Gasteiger partial charge in [0.15, 0.2) is 5.84 Å². The lowest BCUT2D eigenvalue weighted by Gasteiger charge is -2.09. The number of halogens is 2. The van der Waals surface area contributed by atoms with Crippen LogP contribution in [0, 0.1) is 23.7 Å². The summed E-state index contributed by atoms with van der Waals surface area (Å²) >= 11 is 9.29. The molecule has 5 nitrogen and oxygen atoms in total. The van der Waals surface area contributed by atoms with E-state index in [2.05, 4.69) is 26.5 Å². The first-order valence-corrected chi connectivity index (χ1v) is 5.67. The van der Waals surface area contributed by atoms with Crippen LogP contribution in [-0.4, -0.2) is 11.5 Å². The van der Waals surface area contributed by atoms with Crippen LogP contribution < -0.4 is 11.2 Å². The Labute approximate surface area is 112 Å². The van der Waals surface area contributed by atoms with Gasteiger partial charge in [-0.1, -0.05) is 11.6 Å². The second-order valence-corrected chi connectivity index (χ2v) is 4.39. The van der Waals surface area contributed by atoms with Crippen molar-refractivity contribution < 1.29 is 0 Å². The zero-order valence-electron chi connectivity index (χ0n) is 8.88. The second kappa shape index (κ2) is 5.66. The number of hydrogen-bond acceptors (Lipinski definition) is 4. The average molecular weight is 315 g/mol. The van der Waals surface area contributed by atoms with Crippen molar-refractivity contribution in [1.82, 2.24) is 0 Å². The van der Waals surface area contributed by atoms with Gasteiger partial charge in [0, 0.05) is 9.50 Å². The minimum Gasteiger partial charge on any atom is -0.382 e. The van der Waals surface area contributed by atoms with Gasteiger partial charge in [0.05, 0.1) is 5.69 Å². The molecule has 0 amide bonds. The highest BCUT2D eigenvalue weighted by Crippen LogP contribution is 2.31. The van der Waals surface area contributed by atoms with E-state index in [0.717, 1.165) is 10.0 Å². The molecule has 0 bridgehead atoms. The first-order valence-electron chi connectivity index (χ1n) is 4.50. The van der Waals surface area contributed by atoms with E-state index in [-0.39, 0.29) is 5.71 Å². The highest BCUT2D eigenvalue weighted by atomic mass is 79.9. The van der Waals surface area contributed by atoms with E-state index in [9.17, 15) is 0 Å². The van der Waals surface area contributed by atoms with Crippen LogP contribution in [0.1, 0.15) is 5.56 Å². The maximum Gasteiger partial charge on any atom is 0.201 e. The zero-order valence-corrected chi connectivity index (χ0v) is 11.2. The van der Waals surface area contributed by atoms with Gasteiger partial charge in [0.1, 0.15) is 6.07 Å². The third-order valence-electron chi connectivity index (χ3n) is 1.99. The van der Waals surface area contributed by atoms with Crippen LogP contribution in [0.4, 0.5) is 5.69 Å². The Bertz CT molecular complexity index is 532. The molecular weight excluding hydrogens is 306 g/mol. The smallest absolute Gasteiger partial charge is 0.201 e. The van der Waals surface area contributed by atoms with Gasteiger partial charge < -0.3 is 5.73 Å². The maximum absolute atomic E-state index is 8.69. The van der Waals surface area contributed by atoms with Crippen LogP contribution >= 0.6 is 27.5 Å². The lowest BCUT2D eigenvalue weighted by Crippen LogP contribution is -2.22. The minimum absolute atomic E-state index is 0.184. The Morgan fingerprint density at radius 3 is 2.82 bits per heavy atom. The van der Waals surface area contributed by atoms with Crippen molar-refractivity contribution in [2.75, 3.05) is 5.43 Å². The molecule has 4 N–H and O–H groups in total. The molecule has 0 spiro atoms. The Hall–Kier alpha value is -1.58. The van der Waals surface area contributed by atoms with Gasteiger partial charge >= 0.3 is 0 Å². The van der Waals surface area contributed by atoms with Crippen LogP contribution in [0.25, 0.3) is 0 Å². The van der Waals surface area contributed by atoms with Gasteiger partial charge in [-0.15, -0.1) is 0 Å². The summed E-state index contributed by atoms with van der Waals surface area (Å²) in [5.74, 6) is -0.393. The van der Waals surface area contributed by atoms with Crippen molar-refractivity contribution in [3.8, 4) is 6.07 Å². The van der Waals surface area contributed by atoms with Crippen molar-refractivity contribution in [3.63, 3.8) is 0 Å². The fourth-order valence-corrected chi connectivity index (χ4v) is 1.72. The molecule has 0 fully saturated rings. The molecule has 0 unspecified atom stereocenters. The minimum atomic E-state index is -0.393. The number of amidine groups is 1. The number of nitriles is 1. The van der Waals surface area contributed by atoms with Crippen molar-refractivity contribution in [1.29, 1.82) is 10.7 Å². The molecule has 17 heavy (non-hydrogen) atoms. The number of nitrogens with two attached hydrogens (primary N) is 1. The van der Waals surface area contributed by atoms with Crippen LogP contribution in [0.5, 0.6) is 0 Å². The number of anilines is 1. The number of nitrogens with zero attached hydrogens (tertiary/aromatic N) is 2. The zero-order chi connectivity index (χ0) is 13.0. The summed E-state index contributed by atoms with van der Waals surface area (Å²) in [6.07, 6.45) is 0. The van der Waals surface area contributed by atoms with E-state index in [1.807, 2.05) is 6.92 Å². The third kappa shape index (κ3) is 3.19. The number of hydrazone groups is 1. The molecule has 1 rings (SSSR count). The van der Waals surface area contributed by atoms with E-state index in [1.54, 1.807) is 18.2 Å². The molecule has 7 heteroatoms. The molecule has 0 atom stereocenters. The molecule has 0 saturated carbocycles. The lowest BCUT2D eigenvalue weighted by atomic mass is 10.2. The van der Waals surface area contributed by atoms with Crippen LogP contribution in [0.2, 0.25) is 5.02 Å². The van der Waals surface area contributed by atoms with Gasteiger partial charge in [-0.2, -0.15) is 10.4 Å². The molecule has 1 aromatic carbocycles. The van der Waals surface area contributed by atoms with Crippen molar-refractivity contribution in [3.05, 3.63) is 27.2 Å². The summed E-state index contributed by atoms with van der Waals surface area (Å²) in [5, 5.41) is 20.1. The standard InChI is InChI=1S/C10H9BrClN5/c1-5-7(12)3-2-6(11)9(5)17-16-8(4-13)10(14)15/h2-3,17H,1H3,(H3,14,15)/b16-8+. The van der Waals surface area contributed by atoms with E-state index in [1.165, 1.54) is 0 Å². The van der Waals surface area contributed by atoms with E-state index >= 15 is 0 Å². The Kier molecular flexibility index (Phi) is 4.49. The Morgan fingerprint density at radius 1 is 1.65 bits per heavy atom. The van der Waals surface area contributed by atoms with Gasteiger partial charge in [0.2, 0.25) is 5.71 Å². The maximum atomic E-state index is 8.69. The lowest BCUT2D eigenvalue weighted by molar-refractivity contribution is 1.29. The normalized spacial score (nSPS) is 10.8. The van der Waals surface area contributed by atoms with Crippen molar-refractivity contribution in [2.24, 2.45) is 10.8 Å².